The highest BCUT2D eigenvalue weighted by Gasteiger charge is 2.28. The zero-order valence-corrected chi connectivity index (χ0v) is 20.6. The van der Waals surface area contributed by atoms with Gasteiger partial charge in [-0.2, -0.15) is 0 Å². The lowest BCUT2D eigenvalue weighted by molar-refractivity contribution is -0.124. The summed E-state index contributed by atoms with van der Waals surface area (Å²) in [6, 6.07) is 21.0. The van der Waals surface area contributed by atoms with Gasteiger partial charge in [0.2, 0.25) is 0 Å². The van der Waals surface area contributed by atoms with Crippen molar-refractivity contribution < 1.29 is 14.3 Å². The monoisotopic (exact) mass is 508 g/mol. The largest absolute Gasteiger partial charge is 0.448 e. The van der Waals surface area contributed by atoms with Gasteiger partial charge in [-0.05, 0) is 41.6 Å². The van der Waals surface area contributed by atoms with E-state index in [-0.39, 0.29) is 22.7 Å². The minimum absolute atomic E-state index is 0.0654. The lowest BCUT2D eigenvalue weighted by Crippen LogP contribution is -2.34. The van der Waals surface area contributed by atoms with Gasteiger partial charge in [0.1, 0.15) is 5.69 Å². The number of aromatic nitrogens is 1. The Morgan fingerprint density at radius 3 is 2.29 bits per heavy atom. The number of anilines is 1. The third kappa shape index (κ3) is 4.94. The minimum atomic E-state index is -1.11. The van der Waals surface area contributed by atoms with Gasteiger partial charge in [0.15, 0.2) is 6.10 Å². The van der Waals surface area contributed by atoms with E-state index < -0.39 is 18.0 Å². The van der Waals surface area contributed by atoms with Crippen molar-refractivity contribution in [2.75, 3.05) is 5.32 Å². The van der Waals surface area contributed by atoms with Crippen molar-refractivity contribution in [2.45, 2.75) is 19.4 Å². The molecular weight excluding hydrogens is 487 g/mol. The van der Waals surface area contributed by atoms with Gasteiger partial charge < -0.3 is 14.6 Å². The number of amides is 1. The van der Waals surface area contributed by atoms with Gasteiger partial charge in [-0.15, -0.1) is 0 Å². The second kappa shape index (κ2) is 10.3. The summed E-state index contributed by atoms with van der Waals surface area (Å²) in [6.45, 7) is 1.72. The van der Waals surface area contributed by atoms with E-state index >= 15 is 0 Å². The average Bonchev–Trinajstić information content (AvgIpc) is 2.86. The quantitative estimate of drug-likeness (QED) is 0.320. The van der Waals surface area contributed by atoms with Crippen LogP contribution in [0.3, 0.4) is 0 Å². The van der Waals surface area contributed by atoms with Crippen molar-refractivity contribution in [2.24, 2.45) is 7.05 Å². The third-order valence-electron chi connectivity index (χ3n) is 5.66. The molecule has 1 amide bonds. The second-order valence-corrected chi connectivity index (χ2v) is 8.76. The number of nitrogens with one attached hydrogen (secondary N) is 1. The number of ether oxygens (including phenoxy) is 1. The van der Waals surface area contributed by atoms with Crippen LogP contribution in [0.1, 0.15) is 23.8 Å². The van der Waals surface area contributed by atoms with Crippen molar-refractivity contribution in [3.63, 3.8) is 0 Å². The highest BCUT2D eigenvalue weighted by atomic mass is 35.5. The first-order valence-electron chi connectivity index (χ1n) is 11.0. The van der Waals surface area contributed by atoms with Crippen LogP contribution in [0.15, 0.2) is 77.6 Å². The van der Waals surface area contributed by atoms with E-state index in [0.29, 0.717) is 27.0 Å². The first-order chi connectivity index (χ1) is 16.8. The molecule has 1 aromatic heterocycles. The van der Waals surface area contributed by atoms with Gasteiger partial charge in [-0.25, -0.2) is 4.79 Å². The van der Waals surface area contributed by atoms with Gasteiger partial charge in [0, 0.05) is 23.0 Å². The highest BCUT2D eigenvalue weighted by molar-refractivity contribution is 6.36. The van der Waals surface area contributed by atoms with Gasteiger partial charge in [-0.1, -0.05) is 78.7 Å². The first-order valence-corrected chi connectivity index (χ1v) is 11.7. The molecule has 0 fully saturated rings. The molecule has 1 heterocycles. The highest BCUT2D eigenvalue weighted by Crippen LogP contribution is 2.31. The Morgan fingerprint density at radius 2 is 1.63 bits per heavy atom. The number of halogens is 2. The SMILES string of the molecule is CCC(OC(=O)c1c(-c2ccccc2)c2ccccc2c(=O)n1C)C(=O)Nc1ccc(Cl)cc1Cl. The molecule has 0 bridgehead atoms. The van der Waals surface area contributed by atoms with Gasteiger partial charge in [0.25, 0.3) is 11.5 Å². The van der Waals surface area contributed by atoms with Crippen LogP contribution in [0, 0.1) is 0 Å². The second-order valence-electron chi connectivity index (χ2n) is 7.92. The summed E-state index contributed by atoms with van der Waals surface area (Å²) in [7, 11) is 1.52. The van der Waals surface area contributed by atoms with E-state index in [1.165, 1.54) is 17.7 Å². The van der Waals surface area contributed by atoms with Crippen LogP contribution < -0.4 is 10.9 Å². The Labute approximate surface area is 212 Å². The number of hydrogen-bond donors (Lipinski definition) is 1. The van der Waals surface area contributed by atoms with Gasteiger partial charge in [0.05, 0.1) is 10.7 Å². The lowest BCUT2D eigenvalue weighted by Gasteiger charge is -2.20. The Morgan fingerprint density at radius 1 is 0.971 bits per heavy atom. The fourth-order valence-electron chi connectivity index (χ4n) is 3.91. The summed E-state index contributed by atoms with van der Waals surface area (Å²) in [5.41, 5.74) is 1.38. The summed E-state index contributed by atoms with van der Waals surface area (Å²) < 4.78 is 6.92. The minimum Gasteiger partial charge on any atom is -0.448 e. The number of hydrogen-bond acceptors (Lipinski definition) is 4. The zero-order chi connectivity index (χ0) is 25.1. The van der Waals surface area contributed by atoms with Crippen molar-refractivity contribution in [3.05, 3.63) is 98.9 Å². The molecule has 0 spiro atoms. The van der Waals surface area contributed by atoms with Crippen LogP contribution in [0.5, 0.6) is 0 Å². The summed E-state index contributed by atoms with van der Waals surface area (Å²) >= 11 is 12.1. The molecule has 0 aliphatic heterocycles. The molecule has 4 aromatic rings. The van der Waals surface area contributed by atoms with Gasteiger partial charge >= 0.3 is 5.97 Å². The van der Waals surface area contributed by atoms with E-state index in [1.807, 2.05) is 36.4 Å². The third-order valence-corrected chi connectivity index (χ3v) is 6.21. The van der Waals surface area contributed by atoms with Crippen LogP contribution in [0.25, 0.3) is 21.9 Å². The molecule has 1 N–H and O–H groups in total. The van der Waals surface area contributed by atoms with Crippen LogP contribution in [0.2, 0.25) is 10.0 Å². The van der Waals surface area contributed by atoms with Crippen molar-refractivity contribution in [1.82, 2.24) is 4.57 Å². The zero-order valence-electron chi connectivity index (χ0n) is 19.0. The molecule has 178 valence electrons. The molecule has 0 saturated carbocycles. The Balaban J connectivity index is 1.74. The topological polar surface area (TPSA) is 77.4 Å². The molecule has 3 aromatic carbocycles. The maximum atomic E-state index is 13.5. The van der Waals surface area contributed by atoms with E-state index in [2.05, 4.69) is 5.32 Å². The number of pyridine rings is 1. The van der Waals surface area contributed by atoms with Crippen molar-refractivity contribution in [1.29, 1.82) is 0 Å². The first kappa shape index (κ1) is 24.5. The van der Waals surface area contributed by atoms with Crippen LogP contribution in [0.4, 0.5) is 5.69 Å². The molecular formula is C27H22Cl2N2O4. The molecule has 0 aliphatic rings. The summed E-state index contributed by atoms with van der Waals surface area (Å²) in [4.78, 5) is 39.5. The maximum absolute atomic E-state index is 13.5. The fraction of sp³-hybridized carbons (Fsp3) is 0.148. The predicted octanol–water partition coefficient (Wildman–Crippen LogP) is 6.09. The molecule has 1 atom stereocenters. The van der Waals surface area contributed by atoms with E-state index in [1.54, 1.807) is 37.3 Å². The molecule has 1 unspecified atom stereocenters. The van der Waals surface area contributed by atoms with E-state index in [9.17, 15) is 14.4 Å². The van der Waals surface area contributed by atoms with Crippen molar-refractivity contribution in [3.8, 4) is 11.1 Å². The number of fused-ring (bicyclic) bond motifs is 1. The predicted molar refractivity (Wildman–Crippen MR) is 139 cm³/mol. The van der Waals surface area contributed by atoms with E-state index in [4.69, 9.17) is 27.9 Å². The maximum Gasteiger partial charge on any atom is 0.356 e. The van der Waals surface area contributed by atoms with Crippen LogP contribution in [-0.4, -0.2) is 22.5 Å². The molecule has 0 radical (unpaired) electrons. The molecule has 6 nitrogen and oxygen atoms in total. The Hall–Kier alpha value is -3.61. The van der Waals surface area contributed by atoms with E-state index in [0.717, 1.165) is 5.56 Å². The lowest BCUT2D eigenvalue weighted by atomic mass is 9.97. The average molecular weight is 509 g/mol. The normalized spacial score (nSPS) is 11.8. The number of carbonyl (C=O) groups excluding carboxylic acids is 2. The number of nitrogens with zero attached hydrogens (tertiary/aromatic N) is 1. The standard InChI is InChI=1S/C27H22Cl2N2O4/c1-3-22(25(32)30-21-14-13-17(28)15-20(21)29)35-27(34)24-23(16-9-5-4-6-10-16)18-11-7-8-12-19(18)26(33)31(24)2/h4-15,22H,3H2,1-2H3,(H,30,32). The Kier molecular flexibility index (Phi) is 7.24. The van der Waals surface area contributed by atoms with Crippen LogP contribution >= 0.6 is 23.2 Å². The van der Waals surface area contributed by atoms with Crippen LogP contribution in [-0.2, 0) is 16.6 Å². The van der Waals surface area contributed by atoms with Crippen molar-refractivity contribution >= 4 is 51.5 Å². The summed E-state index contributed by atoms with van der Waals surface area (Å²) in [5.74, 6) is -1.32. The summed E-state index contributed by atoms with van der Waals surface area (Å²) in [6.07, 6.45) is -0.898. The number of carbonyl (C=O) groups is 2. The molecule has 35 heavy (non-hydrogen) atoms. The summed E-state index contributed by atoms with van der Waals surface area (Å²) in [5, 5.41) is 4.46. The Bertz CT molecular complexity index is 1480. The number of esters is 1. The molecule has 0 saturated heterocycles. The molecule has 4 rings (SSSR count). The molecule has 0 aliphatic carbocycles. The number of benzene rings is 3. The van der Waals surface area contributed by atoms with Gasteiger partial charge in [-0.3, -0.25) is 9.59 Å². The number of rotatable bonds is 6. The fourth-order valence-corrected chi connectivity index (χ4v) is 4.37. The smallest absolute Gasteiger partial charge is 0.356 e. The molecule has 8 heteroatoms.